The second-order valence-corrected chi connectivity index (χ2v) is 6.84. The quantitative estimate of drug-likeness (QED) is 0.680. The largest absolute Gasteiger partial charge is 0.399 e. The number of carbonyl (C=O) groups is 1. The number of nitrogen functional groups attached to an aromatic ring is 1. The number of benzene rings is 1. The topological polar surface area (TPSA) is 46.3 Å². The molecule has 1 aromatic rings. The van der Waals surface area contributed by atoms with Gasteiger partial charge in [0.1, 0.15) is 0 Å². The zero-order chi connectivity index (χ0) is 15.5. The lowest BCUT2D eigenvalue weighted by molar-refractivity contribution is -0.127. The van der Waals surface area contributed by atoms with Gasteiger partial charge in [0.25, 0.3) is 0 Å². The summed E-state index contributed by atoms with van der Waals surface area (Å²) in [6.07, 6.45) is 8.10. The summed E-state index contributed by atoms with van der Waals surface area (Å²) in [5.74, 6) is 0.0801. The Hall–Kier alpha value is -1.77. The zero-order valence-electron chi connectivity index (χ0n) is 13.3. The van der Waals surface area contributed by atoms with Gasteiger partial charge in [-0.3, -0.25) is 4.79 Å². The molecule has 0 atom stereocenters. The molecule has 0 aliphatic heterocycles. The van der Waals surface area contributed by atoms with E-state index in [1.54, 1.807) is 6.08 Å². The Labute approximate surface area is 127 Å². The molecule has 0 spiro atoms. The third kappa shape index (κ3) is 4.35. The van der Waals surface area contributed by atoms with Crippen molar-refractivity contribution >= 4 is 17.7 Å². The summed E-state index contributed by atoms with van der Waals surface area (Å²) in [7, 11) is 1.92. The number of nitrogens with two attached hydrogens (primary N) is 1. The molecule has 1 fully saturated rings. The first-order chi connectivity index (χ1) is 9.87. The monoisotopic (exact) mass is 286 g/mol. The van der Waals surface area contributed by atoms with Crippen LogP contribution >= 0.6 is 0 Å². The van der Waals surface area contributed by atoms with E-state index >= 15 is 0 Å². The van der Waals surface area contributed by atoms with Crippen molar-refractivity contribution in [1.29, 1.82) is 0 Å². The molecule has 0 aromatic heterocycles. The number of hydrogen-bond acceptors (Lipinski definition) is 2. The van der Waals surface area contributed by atoms with E-state index in [2.05, 4.69) is 13.8 Å². The normalized spacial score (nSPS) is 18.8. The van der Waals surface area contributed by atoms with Crippen molar-refractivity contribution in [3.8, 4) is 0 Å². The Morgan fingerprint density at radius 2 is 1.81 bits per heavy atom. The second-order valence-electron chi connectivity index (χ2n) is 6.84. The van der Waals surface area contributed by atoms with Crippen molar-refractivity contribution in [2.75, 3.05) is 12.8 Å². The highest BCUT2D eigenvalue weighted by atomic mass is 16.2. The van der Waals surface area contributed by atoms with Gasteiger partial charge in [-0.25, -0.2) is 0 Å². The predicted octanol–water partition coefficient (Wildman–Crippen LogP) is 3.71. The minimum atomic E-state index is 0.0801. The molecule has 1 aromatic carbocycles. The standard InChI is InChI=1S/C18H26N2O/c1-18(2)12-10-16(11-13-18)20(3)17(21)9-6-14-4-7-15(19)8-5-14/h4-9,16H,10-13,19H2,1-3H3/b9-6+. The minimum absolute atomic E-state index is 0.0801. The lowest BCUT2D eigenvalue weighted by Crippen LogP contribution is -2.40. The zero-order valence-corrected chi connectivity index (χ0v) is 13.3. The molecule has 0 heterocycles. The van der Waals surface area contributed by atoms with Crippen LogP contribution < -0.4 is 5.73 Å². The van der Waals surface area contributed by atoms with Crippen molar-refractivity contribution in [3.63, 3.8) is 0 Å². The summed E-state index contributed by atoms with van der Waals surface area (Å²) in [5.41, 5.74) is 7.81. The number of anilines is 1. The van der Waals surface area contributed by atoms with Gasteiger partial charge >= 0.3 is 0 Å². The minimum Gasteiger partial charge on any atom is -0.399 e. The summed E-state index contributed by atoms with van der Waals surface area (Å²) in [5, 5.41) is 0. The molecule has 1 amide bonds. The third-order valence-electron chi connectivity index (χ3n) is 4.56. The van der Waals surface area contributed by atoms with E-state index in [0.29, 0.717) is 11.5 Å². The average molecular weight is 286 g/mol. The molecule has 2 rings (SSSR count). The van der Waals surface area contributed by atoms with Crippen molar-refractivity contribution in [2.24, 2.45) is 5.41 Å². The Balaban J connectivity index is 1.92. The summed E-state index contributed by atoms with van der Waals surface area (Å²) < 4.78 is 0. The van der Waals surface area contributed by atoms with Gasteiger partial charge in [0, 0.05) is 24.9 Å². The molecule has 3 heteroatoms. The van der Waals surface area contributed by atoms with Gasteiger partial charge in [-0.1, -0.05) is 26.0 Å². The van der Waals surface area contributed by atoms with Gasteiger partial charge in [0.05, 0.1) is 0 Å². The van der Waals surface area contributed by atoms with Gasteiger partial charge in [-0.2, -0.15) is 0 Å². The maximum Gasteiger partial charge on any atom is 0.246 e. The SMILES string of the molecule is CN(C(=O)/C=C/c1ccc(N)cc1)C1CCC(C)(C)CC1. The van der Waals surface area contributed by atoms with Crippen molar-refractivity contribution < 1.29 is 4.79 Å². The lowest BCUT2D eigenvalue weighted by atomic mass is 9.75. The maximum absolute atomic E-state index is 12.3. The molecule has 114 valence electrons. The number of amides is 1. The molecular weight excluding hydrogens is 260 g/mol. The maximum atomic E-state index is 12.3. The van der Waals surface area contributed by atoms with Crippen LogP contribution in [-0.2, 0) is 4.79 Å². The highest BCUT2D eigenvalue weighted by Crippen LogP contribution is 2.36. The van der Waals surface area contributed by atoms with Crippen LogP contribution in [0.3, 0.4) is 0 Å². The number of hydrogen-bond donors (Lipinski definition) is 1. The molecule has 1 aliphatic rings. The van der Waals surface area contributed by atoms with E-state index in [9.17, 15) is 4.79 Å². The third-order valence-corrected chi connectivity index (χ3v) is 4.56. The van der Waals surface area contributed by atoms with E-state index < -0.39 is 0 Å². The summed E-state index contributed by atoms with van der Waals surface area (Å²) in [6, 6.07) is 7.90. The fourth-order valence-electron chi connectivity index (χ4n) is 2.84. The molecule has 21 heavy (non-hydrogen) atoms. The molecule has 1 saturated carbocycles. The van der Waals surface area contributed by atoms with Crippen molar-refractivity contribution in [1.82, 2.24) is 4.90 Å². The number of rotatable bonds is 3. The first kappa shape index (κ1) is 15.6. The van der Waals surface area contributed by atoms with Gasteiger partial charge in [0.2, 0.25) is 5.91 Å². The number of likely N-dealkylation sites (N-methyl/N-ethyl adjacent to an activating group) is 1. The number of carbonyl (C=O) groups excluding carboxylic acids is 1. The smallest absolute Gasteiger partial charge is 0.246 e. The second kappa shape index (κ2) is 6.33. The molecule has 3 nitrogen and oxygen atoms in total. The molecular formula is C18H26N2O. The fraction of sp³-hybridized carbons (Fsp3) is 0.500. The van der Waals surface area contributed by atoms with Crippen LogP contribution in [0.25, 0.3) is 6.08 Å². The first-order valence-corrected chi connectivity index (χ1v) is 7.68. The van der Waals surface area contributed by atoms with Crippen LogP contribution in [0.15, 0.2) is 30.3 Å². The van der Waals surface area contributed by atoms with Gasteiger partial charge in [-0.05, 0) is 54.9 Å². The van der Waals surface area contributed by atoms with Gasteiger partial charge in [-0.15, -0.1) is 0 Å². The van der Waals surface area contributed by atoms with E-state index in [1.165, 1.54) is 12.8 Å². The molecule has 0 unspecified atom stereocenters. The highest BCUT2D eigenvalue weighted by molar-refractivity contribution is 5.91. The van der Waals surface area contributed by atoms with Crippen molar-refractivity contribution in [3.05, 3.63) is 35.9 Å². The predicted molar refractivity (Wildman–Crippen MR) is 88.7 cm³/mol. The van der Waals surface area contributed by atoms with E-state index in [1.807, 2.05) is 42.3 Å². The van der Waals surface area contributed by atoms with Crippen LogP contribution in [-0.4, -0.2) is 23.9 Å². The van der Waals surface area contributed by atoms with Crippen LogP contribution in [0.1, 0.15) is 45.1 Å². The average Bonchev–Trinajstić information content (AvgIpc) is 2.45. The Kier molecular flexibility index (Phi) is 4.71. The first-order valence-electron chi connectivity index (χ1n) is 7.68. The molecule has 0 radical (unpaired) electrons. The summed E-state index contributed by atoms with van der Waals surface area (Å²) in [4.78, 5) is 14.2. The van der Waals surface area contributed by atoms with Crippen LogP contribution in [0, 0.1) is 5.41 Å². The van der Waals surface area contributed by atoms with E-state index in [0.717, 1.165) is 24.1 Å². The highest BCUT2D eigenvalue weighted by Gasteiger charge is 2.29. The Morgan fingerprint density at radius 3 is 2.38 bits per heavy atom. The van der Waals surface area contributed by atoms with Crippen LogP contribution in [0.5, 0.6) is 0 Å². The molecule has 2 N–H and O–H groups in total. The molecule has 0 bridgehead atoms. The number of nitrogens with zero attached hydrogens (tertiary/aromatic N) is 1. The van der Waals surface area contributed by atoms with Crippen LogP contribution in [0.4, 0.5) is 5.69 Å². The molecule has 0 saturated heterocycles. The lowest BCUT2D eigenvalue weighted by Gasteiger charge is -2.38. The van der Waals surface area contributed by atoms with Crippen molar-refractivity contribution in [2.45, 2.75) is 45.6 Å². The Bertz CT molecular complexity index is 507. The van der Waals surface area contributed by atoms with E-state index in [4.69, 9.17) is 5.73 Å². The molecule has 1 aliphatic carbocycles. The summed E-state index contributed by atoms with van der Waals surface area (Å²) in [6.45, 7) is 4.62. The summed E-state index contributed by atoms with van der Waals surface area (Å²) >= 11 is 0. The van der Waals surface area contributed by atoms with Gasteiger partial charge in [0.15, 0.2) is 0 Å². The fourth-order valence-corrected chi connectivity index (χ4v) is 2.84. The van der Waals surface area contributed by atoms with Gasteiger partial charge < -0.3 is 10.6 Å². The van der Waals surface area contributed by atoms with E-state index in [-0.39, 0.29) is 5.91 Å². The Morgan fingerprint density at radius 1 is 1.24 bits per heavy atom. The van der Waals surface area contributed by atoms with Crippen LogP contribution in [0.2, 0.25) is 0 Å².